The van der Waals surface area contributed by atoms with Crippen molar-refractivity contribution in [3.05, 3.63) is 0 Å². The van der Waals surface area contributed by atoms with Crippen LogP contribution in [-0.2, 0) is 0 Å². The van der Waals surface area contributed by atoms with Crippen LogP contribution in [0.3, 0.4) is 0 Å². The molecule has 14 heavy (non-hydrogen) atoms. The molecule has 2 fully saturated rings. The molecule has 0 aromatic rings. The zero-order valence-electron chi connectivity index (χ0n) is 9.63. The molecule has 2 atom stereocenters. The van der Waals surface area contributed by atoms with Crippen LogP contribution in [0, 0.1) is 0 Å². The minimum Gasteiger partial charge on any atom is -0.312 e. The third-order valence-corrected chi connectivity index (χ3v) is 3.74. The summed E-state index contributed by atoms with van der Waals surface area (Å²) in [5.41, 5.74) is 0. The maximum absolute atomic E-state index is 3.64. The molecule has 1 heterocycles. The molecule has 0 amide bonds. The van der Waals surface area contributed by atoms with Crippen molar-refractivity contribution in [2.45, 2.75) is 64.1 Å². The van der Waals surface area contributed by atoms with Crippen LogP contribution in [0.25, 0.3) is 0 Å². The first kappa shape index (κ1) is 10.4. The van der Waals surface area contributed by atoms with Gasteiger partial charge in [-0.25, -0.2) is 0 Å². The van der Waals surface area contributed by atoms with Gasteiger partial charge >= 0.3 is 0 Å². The van der Waals surface area contributed by atoms with Crippen molar-refractivity contribution in [2.75, 3.05) is 13.1 Å². The Morgan fingerprint density at radius 1 is 1.36 bits per heavy atom. The van der Waals surface area contributed by atoms with Gasteiger partial charge in [0.05, 0.1) is 0 Å². The zero-order chi connectivity index (χ0) is 9.97. The molecule has 1 aliphatic carbocycles. The van der Waals surface area contributed by atoms with E-state index in [4.69, 9.17) is 0 Å². The largest absolute Gasteiger partial charge is 0.312 e. The van der Waals surface area contributed by atoms with Crippen molar-refractivity contribution in [3.8, 4) is 0 Å². The summed E-state index contributed by atoms with van der Waals surface area (Å²) in [6.45, 7) is 7.22. The first-order valence-electron chi connectivity index (χ1n) is 6.30. The minimum absolute atomic E-state index is 0.739. The highest BCUT2D eigenvalue weighted by Crippen LogP contribution is 2.23. The van der Waals surface area contributed by atoms with Crippen LogP contribution in [-0.4, -0.2) is 36.1 Å². The van der Waals surface area contributed by atoms with Gasteiger partial charge in [-0.15, -0.1) is 0 Å². The van der Waals surface area contributed by atoms with Crippen LogP contribution in [0.2, 0.25) is 0 Å². The molecule has 1 N–H and O–H groups in total. The Balaban J connectivity index is 1.73. The molecule has 0 radical (unpaired) electrons. The molecule has 2 nitrogen and oxygen atoms in total. The summed E-state index contributed by atoms with van der Waals surface area (Å²) < 4.78 is 0. The Morgan fingerprint density at radius 3 is 2.79 bits per heavy atom. The van der Waals surface area contributed by atoms with Crippen LogP contribution < -0.4 is 5.32 Å². The number of likely N-dealkylation sites (tertiary alicyclic amines) is 1. The molecule has 0 aromatic carbocycles. The van der Waals surface area contributed by atoms with Gasteiger partial charge < -0.3 is 5.32 Å². The van der Waals surface area contributed by atoms with Gasteiger partial charge in [0.2, 0.25) is 0 Å². The third kappa shape index (κ3) is 2.48. The molecule has 1 saturated heterocycles. The molecule has 0 bridgehead atoms. The van der Waals surface area contributed by atoms with Crippen LogP contribution in [0.5, 0.6) is 0 Å². The molecular weight excluding hydrogens is 172 g/mol. The van der Waals surface area contributed by atoms with Gasteiger partial charge in [-0.3, -0.25) is 4.90 Å². The standard InChI is InChI=1S/C12H24N2/c1-3-12-5-4-8-14(12)10(2)9-13-11-6-7-11/h10-13H,3-9H2,1-2H3. The highest BCUT2D eigenvalue weighted by atomic mass is 15.2. The Morgan fingerprint density at radius 2 is 2.14 bits per heavy atom. The van der Waals surface area contributed by atoms with E-state index in [2.05, 4.69) is 24.1 Å². The molecular formula is C12H24N2. The maximum atomic E-state index is 3.64. The highest BCUT2D eigenvalue weighted by Gasteiger charge is 2.28. The fraction of sp³-hybridized carbons (Fsp3) is 1.00. The average molecular weight is 196 g/mol. The molecule has 0 aromatic heterocycles. The summed E-state index contributed by atoms with van der Waals surface area (Å²) in [6.07, 6.45) is 6.97. The van der Waals surface area contributed by atoms with Gasteiger partial charge in [0.25, 0.3) is 0 Å². The van der Waals surface area contributed by atoms with E-state index in [0.717, 1.165) is 18.1 Å². The van der Waals surface area contributed by atoms with E-state index >= 15 is 0 Å². The predicted molar refractivity (Wildman–Crippen MR) is 60.5 cm³/mol. The second-order valence-electron chi connectivity index (χ2n) is 4.97. The lowest BCUT2D eigenvalue weighted by atomic mass is 10.1. The first-order chi connectivity index (χ1) is 6.81. The molecule has 2 heteroatoms. The molecule has 1 saturated carbocycles. The molecule has 2 rings (SSSR count). The van der Waals surface area contributed by atoms with Crippen LogP contribution in [0.4, 0.5) is 0 Å². The summed E-state index contributed by atoms with van der Waals surface area (Å²) >= 11 is 0. The van der Waals surface area contributed by atoms with Crippen LogP contribution in [0.1, 0.15) is 46.0 Å². The van der Waals surface area contributed by atoms with Gasteiger partial charge in [0.1, 0.15) is 0 Å². The highest BCUT2D eigenvalue weighted by molar-refractivity contribution is 4.86. The Bertz CT molecular complexity index is 177. The number of hydrogen-bond donors (Lipinski definition) is 1. The van der Waals surface area contributed by atoms with Crippen molar-refractivity contribution >= 4 is 0 Å². The third-order valence-electron chi connectivity index (χ3n) is 3.74. The van der Waals surface area contributed by atoms with Gasteiger partial charge in [0, 0.05) is 24.7 Å². The fourth-order valence-corrected chi connectivity index (χ4v) is 2.62. The van der Waals surface area contributed by atoms with Crippen molar-refractivity contribution < 1.29 is 0 Å². The van der Waals surface area contributed by atoms with E-state index in [0.29, 0.717) is 0 Å². The predicted octanol–water partition coefficient (Wildman–Crippen LogP) is 2.00. The molecule has 1 aliphatic heterocycles. The lowest BCUT2D eigenvalue weighted by Crippen LogP contribution is -2.43. The van der Waals surface area contributed by atoms with E-state index in [1.165, 1.54) is 45.2 Å². The van der Waals surface area contributed by atoms with Gasteiger partial charge in [-0.2, -0.15) is 0 Å². The van der Waals surface area contributed by atoms with Gasteiger partial charge in [-0.05, 0) is 45.6 Å². The van der Waals surface area contributed by atoms with E-state index in [1.54, 1.807) is 0 Å². The number of nitrogens with one attached hydrogen (secondary N) is 1. The van der Waals surface area contributed by atoms with E-state index in [1.807, 2.05) is 0 Å². The number of rotatable bonds is 5. The lowest BCUT2D eigenvalue weighted by Gasteiger charge is -2.30. The van der Waals surface area contributed by atoms with E-state index in [9.17, 15) is 0 Å². The Kier molecular flexibility index (Phi) is 3.45. The second kappa shape index (κ2) is 4.63. The number of hydrogen-bond acceptors (Lipinski definition) is 2. The Hall–Kier alpha value is -0.0800. The monoisotopic (exact) mass is 196 g/mol. The summed E-state index contributed by atoms with van der Waals surface area (Å²) in [4.78, 5) is 2.70. The van der Waals surface area contributed by atoms with Crippen LogP contribution in [0.15, 0.2) is 0 Å². The van der Waals surface area contributed by atoms with Crippen molar-refractivity contribution in [2.24, 2.45) is 0 Å². The SMILES string of the molecule is CCC1CCCN1C(C)CNC1CC1. The molecule has 2 aliphatic rings. The van der Waals surface area contributed by atoms with E-state index in [-0.39, 0.29) is 0 Å². The summed E-state index contributed by atoms with van der Waals surface area (Å²) in [6, 6.07) is 2.47. The molecule has 0 spiro atoms. The summed E-state index contributed by atoms with van der Waals surface area (Å²) in [5.74, 6) is 0. The van der Waals surface area contributed by atoms with Gasteiger partial charge in [0.15, 0.2) is 0 Å². The Labute approximate surface area is 88.1 Å². The summed E-state index contributed by atoms with van der Waals surface area (Å²) in [7, 11) is 0. The first-order valence-corrected chi connectivity index (χ1v) is 6.30. The summed E-state index contributed by atoms with van der Waals surface area (Å²) in [5, 5.41) is 3.64. The normalized spacial score (nSPS) is 30.9. The topological polar surface area (TPSA) is 15.3 Å². The minimum atomic E-state index is 0.739. The molecule has 2 unspecified atom stereocenters. The van der Waals surface area contributed by atoms with Crippen molar-refractivity contribution in [3.63, 3.8) is 0 Å². The van der Waals surface area contributed by atoms with Gasteiger partial charge in [-0.1, -0.05) is 6.92 Å². The lowest BCUT2D eigenvalue weighted by molar-refractivity contribution is 0.183. The van der Waals surface area contributed by atoms with E-state index < -0.39 is 0 Å². The quantitative estimate of drug-likeness (QED) is 0.723. The van der Waals surface area contributed by atoms with Crippen molar-refractivity contribution in [1.29, 1.82) is 0 Å². The fourth-order valence-electron chi connectivity index (χ4n) is 2.62. The van der Waals surface area contributed by atoms with Crippen molar-refractivity contribution in [1.82, 2.24) is 10.2 Å². The smallest absolute Gasteiger partial charge is 0.0195 e. The average Bonchev–Trinajstić information content (AvgIpc) is 2.90. The van der Waals surface area contributed by atoms with Crippen LogP contribution >= 0.6 is 0 Å². The zero-order valence-corrected chi connectivity index (χ0v) is 9.63. The molecule has 82 valence electrons. The number of nitrogens with zero attached hydrogens (tertiary/aromatic N) is 1. The second-order valence-corrected chi connectivity index (χ2v) is 4.97. The maximum Gasteiger partial charge on any atom is 0.0195 e.